The van der Waals surface area contributed by atoms with Crippen LogP contribution in [0.1, 0.15) is 0 Å². The van der Waals surface area contributed by atoms with Gasteiger partial charge in [-0.25, -0.2) is 9.49 Å². The summed E-state index contributed by atoms with van der Waals surface area (Å²) in [6.45, 7) is 0. The Hall–Kier alpha value is -1.68. The molecule has 76 valence electrons. The van der Waals surface area contributed by atoms with Gasteiger partial charge < -0.3 is 0 Å². The molecule has 0 aliphatic heterocycles. The van der Waals surface area contributed by atoms with Crippen LogP contribution in [0.25, 0.3) is 11.1 Å². The molecule has 15 heavy (non-hydrogen) atoms. The zero-order valence-corrected chi connectivity index (χ0v) is 8.25. The fraction of sp³-hybridized carbons (Fsp3) is 0. The molecule has 1 aromatic carbocycles. The van der Waals surface area contributed by atoms with Gasteiger partial charge in [0.15, 0.2) is 0 Å². The quantitative estimate of drug-likeness (QED) is 0.808. The Kier molecular flexibility index (Phi) is 2.51. The molecule has 0 saturated heterocycles. The van der Waals surface area contributed by atoms with Crippen molar-refractivity contribution in [3.63, 3.8) is 0 Å². The number of benzene rings is 1. The van der Waals surface area contributed by atoms with Crippen LogP contribution in [0.4, 0.5) is 4.39 Å². The van der Waals surface area contributed by atoms with E-state index in [1.807, 2.05) is 0 Å². The largest absolute Gasteiger partial charge is 0.268 e. The normalized spacial score (nSPS) is 10.3. The molecular weight excluding hydrogens is 219 g/mol. The van der Waals surface area contributed by atoms with Crippen LogP contribution in [0, 0.1) is 5.82 Å². The van der Waals surface area contributed by atoms with E-state index >= 15 is 0 Å². The zero-order chi connectivity index (χ0) is 10.8. The molecule has 3 nitrogen and oxygen atoms in total. The molecule has 0 bridgehead atoms. The van der Waals surface area contributed by atoms with Crippen LogP contribution in [0.3, 0.4) is 0 Å². The molecule has 0 radical (unpaired) electrons. The van der Waals surface area contributed by atoms with Crippen LogP contribution in [-0.4, -0.2) is 10.2 Å². The summed E-state index contributed by atoms with van der Waals surface area (Å²) < 4.78 is 13.0. The molecule has 1 heterocycles. The molecule has 0 fully saturated rings. The van der Waals surface area contributed by atoms with Gasteiger partial charge in [-0.05, 0) is 18.2 Å². The lowest BCUT2D eigenvalue weighted by Gasteiger charge is -2.02. The van der Waals surface area contributed by atoms with Crippen LogP contribution >= 0.6 is 11.6 Å². The van der Waals surface area contributed by atoms with Gasteiger partial charge in [-0.1, -0.05) is 11.6 Å². The number of hydrogen-bond donors (Lipinski definition) is 1. The van der Waals surface area contributed by atoms with E-state index in [4.69, 9.17) is 11.6 Å². The number of halogens is 2. The van der Waals surface area contributed by atoms with E-state index in [9.17, 15) is 9.18 Å². The van der Waals surface area contributed by atoms with E-state index in [1.54, 1.807) is 0 Å². The molecule has 0 saturated carbocycles. The summed E-state index contributed by atoms with van der Waals surface area (Å²) in [5, 5.41) is 6.22. The third-order valence-electron chi connectivity index (χ3n) is 1.90. The average Bonchev–Trinajstić information content (AvgIpc) is 2.22. The predicted molar refractivity (Wildman–Crippen MR) is 55.3 cm³/mol. The van der Waals surface area contributed by atoms with Crippen molar-refractivity contribution in [2.75, 3.05) is 0 Å². The Bertz CT molecular complexity index is 553. The first-order valence-corrected chi connectivity index (χ1v) is 4.55. The highest BCUT2D eigenvalue weighted by molar-refractivity contribution is 6.33. The van der Waals surface area contributed by atoms with Gasteiger partial charge in [0, 0.05) is 22.2 Å². The Morgan fingerprint density at radius 3 is 2.87 bits per heavy atom. The highest BCUT2D eigenvalue weighted by atomic mass is 35.5. The van der Waals surface area contributed by atoms with E-state index in [2.05, 4.69) is 10.2 Å². The third-order valence-corrected chi connectivity index (χ3v) is 2.23. The Labute approximate surface area is 89.5 Å². The molecule has 0 spiro atoms. The lowest BCUT2D eigenvalue weighted by atomic mass is 10.1. The SMILES string of the molecule is O=c1cc(-c2cc(F)ccc2Cl)cn[nH]1. The van der Waals surface area contributed by atoms with Crippen molar-refractivity contribution in [1.29, 1.82) is 0 Å². The highest BCUT2D eigenvalue weighted by Crippen LogP contribution is 2.26. The van der Waals surface area contributed by atoms with Crippen molar-refractivity contribution in [1.82, 2.24) is 10.2 Å². The maximum atomic E-state index is 13.0. The maximum Gasteiger partial charge on any atom is 0.264 e. The van der Waals surface area contributed by atoms with Crippen molar-refractivity contribution < 1.29 is 4.39 Å². The second kappa shape index (κ2) is 3.82. The minimum absolute atomic E-state index is 0.354. The van der Waals surface area contributed by atoms with Crippen LogP contribution in [0.5, 0.6) is 0 Å². The fourth-order valence-electron chi connectivity index (χ4n) is 1.24. The molecule has 0 aliphatic rings. The summed E-state index contributed by atoms with van der Waals surface area (Å²) in [4.78, 5) is 11.0. The Morgan fingerprint density at radius 2 is 2.13 bits per heavy atom. The van der Waals surface area contributed by atoms with Gasteiger partial charge in [-0.15, -0.1) is 0 Å². The molecule has 0 unspecified atom stereocenters. The molecule has 0 aliphatic carbocycles. The van der Waals surface area contributed by atoms with Crippen LogP contribution in [0.2, 0.25) is 5.02 Å². The van der Waals surface area contributed by atoms with Gasteiger partial charge in [0.2, 0.25) is 0 Å². The molecule has 2 aromatic rings. The van der Waals surface area contributed by atoms with E-state index in [0.717, 1.165) is 0 Å². The summed E-state index contributed by atoms with van der Waals surface area (Å²) in [6, 6.07) is 5.27. The zero-order valence-electron chi connectivity index (χ0n) is 7.50. The molecule has 0 amide bonds. The minimum Gasteiger partial charge on any atom is -0.268 e. The standard InChI is InChI=1S/C10H6ClFN2O/c11-9-2-1-7(12)4-8(9)6-3-10(15)14-13-5-6/h1-5H,(H,14,15). The monoisotopic (exact) mass is 224 g/mol. The lowest BCUT2D eigenvalue weighted by Crippen LogP contribution is -2.05. The number of rotatable bonds is 1. The molecule has 5 heteroatoms. The topological polar surface area (TPSA) is 45.8 Å². The summed E-state index contributed by atoms with van der Waals surface area (Å²) in [5.41, 5.74) is 0.589. The van der Waals surface area contributed by atoms with Gasteiger partial charge in [0.25, 0.3) is 5.56 Å². The third kappa shape index (κ3) is 2.05. The van der Waals surface area contributed by atoms with Crippen molar-refractivity contribution in [2.24, 2.45) is 0 Å². The number of nitrogens with zero attached hydrogens (tertiary/aromatic N) is 1. The van der Waals surface area contributed by atoms with Gasteiger partial charge in [-0.2, -0.15) is 5.10 Å². The maximum absolute atomic E-state index is 13.0. The second-order valence-corrected chi connectivity index (χ2v) is 3.37. The van der Waals surface area contributed by atoms with Crippen molar-refractivity contribution in [3.8, 4) is 11.1 Å². The summed E-state index contributed by atoms with van der Waals surface area (Å²) in [5.74, 6) is -0.408. The number of aromatic nitrogens is 2. The van der Waals surface area contributed by atoms with Gasteiger partial charge in [0.1, 0.15) is 5.82 Å². The van der Waals surface area contributed by atoms with Crippen molar-refractivity contribution in [2.45, 2.75) is 0 Å². The first-order chi connectivity index (χ1) is 7.16. The molecule has 0 atom stereocenters. The van der Waals surface area contributed by atoms with Gasteiger partial charge >= 0.3 is 0 Å². The molecule has 1 aromatic heterocycles. The first kappa shape index (κ1) is 9.86. The number of H-pyrrole nitrogens is 1. The smallest absolute Gasteiger partial charge is 0.264 e. The van der Waals surface area contributed by atoms with E-state index in [-0.39, 0.29) is 5.56 Å². The molecule has 1 N–H and O–H groups in total. The van der Waals surface area contributed by atoms with E-state index in [0.29, 0.717) is 16.1 Å². The number of nitrogens with one attached hydrogen (secondary N) is 1. The number of hydrogen-bond acceptors (Lipinski definition) is 2. The summed E-state index contributed by atoms with van der Waals surface area (Å²) in [7, 11) is 0. The van der Waals surface area contributed by atoms with Gasteiger partial charge in [-0.3, -0.25) is 4.79 Å². The van der Waals surface area contributed by atoms with E-state index in [1.165, 1.54) is 30.5 Å². The first-order valence-electron chi connectivity index (χ1n) is 4.17. The number of aromatic amines is 1. The molecular formula is C10H6ClFN2O. The predicted octanol–water partition coefficient (Wildman–Crippen LogP) is 2.23. The fourth-order valence-corrected chi connectivity index (χ4v) is 1.47. The van der Waals surface area contributed by atoms with Gasteiger partial charge in [0.05, 0.1) is 6.20 Å². The Balaban J connectivity index is 2.63. The highest BCUT2D eigenvalue weighted by Gasteiger charge is 2.05. The summed E-state index contributed by atoms with van der Waals surface area (Å²) >= 11 is 5.88. The van der Waals surface area contributed by atoms with Crippen molar-refractivity contribution >= 4 is 11.6 Å². The van der Waals surface area contributed by atoms with Crippen LogP contribution in [-0.2, 0) is 0 Å². The van der Waals surface area contributed by atoms with Crippen LogP contribution < -0.4 is 5.56 Å². The summed E-state index contributed by atoms with van der Waals surface area (Å²) in [6.07, 6.45) is 1.42. The molecule has 2 rings (SSSR count). The average molecular weight is 225 g/mol. The lowest BCUT2D eigenvalue weighted by molar-refractivity contribution is 0.628. The van der Waals surface area contributed by atoms with E-state index < -0.39 is 5.82 Å². The Morgan fingerprint density at radius 1 is 1.33 bits per heavy atom. The van der Waals surface area contributed by atoms with Crippen LogP contribution in [0.15, 0.2) is 35.3 Å². The second-order valence-electron chi connectivity index (χ2n) is 2.96. The van der Waals surface area contributed by atoms with Crippen molar-refractivity contribution in [3.05, 3.63) is 51.7 Å². The minimum atomic E-state index is -0.408.